The quantitative estimate of drug-likeness (QED) is 0.782. The maximum absolute atomic E-state index is 12.8. The number of hydrogen-bond donors (Lipinski definition) is 1. The maximum atomic E-state index is 12.8. The van der Waals surface area contributed by atoms with Gasteiger partial charge in [-0.15, -0.1) is 0 Å². The first kappa shape index (κ1) is 16.1. The van der Waals surface area contributed by atoms with E-state index in [1.54, 1.807) is 19.1 Å². The number of nitrogens with zero attached hydrogens (tertiary/aromatic N) is 3. The van der Waals surface area contributed by atoms with E-state index in [1.807, 2.05) is 37.3 Å². The minimum Gasteiger partial charge on any atom is -0.454 e. The number of amides is 1. The van der Waals surface area contributed by atoms with E-state index in [-0.39, 0.29) is 18.5 Å². The Morgan fingerprint density at radius 3 is 2.85 bits per heavy atom. The molecule has 2 aromatic carbocycles. The molecule has 0 saturated carbocycles. The maximum Gasteiger partial charge on any atom is 0.293 e. The first-order chi connectivity index (χ1) is 12.7. The van der Waals surface area contributed by atoms with Gasteiger partial charge in [0.05, 0.1) is 5.69 Å². The second-order valence-corrected chi connectivity index (χ2v) is 5.90. The van der Waals surface area contributed by atoms with E-state index < -0.39 is 0 Å². The lowest BCUT2D eigenvalue weighted by Gasteiger charge is -2.10. The van der Waals surface area contributed by atoms with Gasteiger partial charge in [0.15, 0.2) is 11.5 Å². The van der Waals surface area contributed by atoms with Crippen molar-refractivity contribution in [1.29, 1.82) is 0 Å². The minimum absolute atomic E-state index is 0.191. The highest BCUT2D eigenvalue weighted by molar-refractivity contribution is 6.02. The van der Waals surface area contributed by atoms with E-state index in [1.165, 1.54) is 4.68 Å². The van der Waals surface area contributed by atoms with Gasteiger partial charge in [-0.25, -0.2) is 9.67 Å². The first-order valence-electron chi connectivity index (χ1n) is 8.38. The SMILES string of the molecule is CCc1ccccc1NC(=O)c1nc(C)nn1-c1ccc2c(c1)OCO2. The molecule has 1 aromatic heterocycles. The van der Waals surface area contributed by atoms with Gasteiger partial charge in [-0.2, -0.15) is 5.10 Å². The van der Waals surface area contributed by atoms with E-state index >= 15 is 0 Å². The molecule has 0 aliphatic carbocycles. The second kappa shape index (κ2) is 6.51. The largest absolute Gasteiger partial charge is 0.454 e. The Morgan fingerprint density at radius 1 is 1.19 bits per heavy atom. The van der Waals surface area contributed by atoms with Gasteiger partial charge in [-0.05, 0) is 37.1 Å². The van der Waals surface area contributed by atoms with E-state index in [2.05, 4.69) is 15.4 Å². The molecule has 1 aliphatic rings. The van der Waals surface area contributed by atoms with Gasteiger partial charge in [0.2, 0.25) is 12.6 Å². The van der Waals surface area contributed by atoms with Crippen LogP contribution in [0.25, 0.3) is 5.69 Å². The van der Waals surface area contributed by atoms with Crippen molar-refractivity contribution in [1.82, 2.24) is 14.8 Å². The molecular formula is C19H18N4O3. The Balaban J connectivity index is 1.68. The third-order valence-electron chi connectivity index (χ3n) is 4.16. The lowest BCUT2D eigenvalue weighted by Crippen LogP contribution is -2.19. The Labute approximate surface area is 150 Å². The molecule has 2 heterocycles. The van der Waals surface area contributed by atoms with Crippen LogP contribution in [-0.4, -0.2) is 27.5 Å². The second-order valence-electron chi connectivity index (χ2n) is 5.90. The summed E-state index contributed by atoms with van der Waals surface area (Å²) in [5, 5.41) is 7.30. The highest BCUT2D eigenvalue weighted by Crippen LogP contribution is 2.33. The average molecular weight is 350 g/mol. The van der Waals surface area contributed by atoms with Crippen molar-refractivity contribution in [2.45, 2.75) is 20.3 Å². The first-order valence-corrected chi connectivity index (χ1v) is 8.38. The number of anilines is 1. The van der Waals surface area contributed by atoms with Crippen molar-refractivity contribution in [3.8, 4) is 17.2 Å². The number of ether oxygens (including phenoxy) is 2. The summed E-state index contributed by atoms with van der Waals surface area (Å²) in [7, 11) is 0. The molecule has 7 heteroatoms. The molecule has 0 fully saturated rings. The number of carbonyl (C=O) groups is 1. The molecule has 3 aromatic rings. The summed E-state index contributed by atoms with van der Waals surface area (Å²) >= 11 is 0. The number of hydrogen-bond acceptors (Lipinski definition) is 5. The van der Waals surface area contributed by atoms with E-state index in [9.17, 15) is 4.79 Å². The Bertz CT molecular complexity index is 981. The molecule has 1 aliphatic heterocycles. The van der Waals surface area contributed by atoms with Crippen LogP contribution in [-0.2, 0) is 6.42 Å². The lowest BCUT2D eigenvalue weighted by atomic mass is 10.1. The van der Waals surface area contributed by atoms with E-state index in [0.717, 1.165) is 17.7 Å². The van der Waals surface area contributed by atoms with Crippen LogP contribution < -0.4 is 14.8 Å². The van der Waals surface area contributed by atoms with E-state index in [0.29, 0.717) is 23.0 Å². The van der Waals surface area contributed by atoms with Gasteiger partial charge < -0.3 is 14.8 Å². The Kier molecular flexibility index (Phi) is 4.04. The Morgan fingerprint density at radius 2 is 2.00 bits per heavy atom. The molecule has 26 heavy (non-hydrogen) atoms. The summed E-state index contributed by atoms with van der Waals surface area (Å²) < 4.78 is 12.3. The zero-order chi connectivity index (χ0) is 18.1. The van der Waals surface area contributed by atoms with Crippen molar-refractivity contribution < 1.29 is 14.3 Å². The molecule has 0 bridgehead atoms. The van der Waals surface area contributed by atoms with Crippen LogP contribution in [0.2, 0.25) is 0 Å². The third-order valence-corrected chi connectivity index (χ3v) is 4.16. The van der Waals surface area contributed by atoms with Gasteiger partial charge in [-0.3, -0.25) is 4.79 Å². The summed E-state index contributed by atoms with van der Waals surface area (Å²) in [6.07, 6.45) is 0.824. The molecule has 4 rings (SSSR count). The number of nitrogens with one attached hydrogen (secondary N) is 1. The summed E-state index contributed by atoms with van der Waals surface area (Å²) in [6, 6.07) is 13.1. The monoisotopic (exact) mass is 350 g/mol. The number of rotatable bonds is 4. The molecule has 0 atom stereocenters. The Hall–Kier alpha value is -3.35. The molecule has 7 nitrogen and oxygen atoms in total. The summed E-state index contributed by atoms with van der Waals surface area (Å²) in [5.41, 5.74) is 2.52. The van der Waals surface area contributed by atoms with Crippen LogP contribution >= 0.6 is 0 Å². The molecule has 0 spiro atoms. The van der Waals surface area contributed by atoms with Crippen molar-refractivity contribution >= 4 is 11.6 Å². The van der Waals surface area contributed by atoms with Crippen LogP contribution in [0.3, 0.4) is 0 Å². The molecule has 1 N–H and O–H groups in total. The average Bonchev–Trinajstić information content (AvgIpc) is 3.27. The van der Waals surface area contributed by atoms with Crippen LogP contribution in [0.4, 0.5) is 5.69 Å². The van der Waals surface area contributed by atoms with Crippen LogP contribution in [0.1, 0.15) is 28.9 Å². The fourth-order valence-electron chi connectivity index (χ4n) is 2.89. The van der Waals surface area contributed by atoms with Gasteiger partial charge in [-0.1, -0.05) is 25.1 Å². The summed E-state index contributed by atoms with van der Waals surface area (Å²) in [6.45, 7) is 3.99. The number of aromatic nitrogens is 3. The molecule has 0 unspecified atom stereocenters. The predicted molar refractivity (Wildman–Crippen MR) is 96.0 cm³/mol. The van der Waals surface area contributed by atoms with E-state index in [4.69, 9.17) is 9.47 Å². The standard InChI is InChI=1S/C19H18N4O3/c1-3-13-6-4-5-7-15(13)21-19(24)18-20-12(2)22-23(18)14-8-9-16-17(10-14)26-11-25-16/h4-10H,3,11H2,1-2H3,(H,21,24). The van der Waals surface area contributed by atoms with Crippen molar-refractivity contribution in [3.05, 3.63) is 59.7 Å². The van der Waals surface area contributed by atoms with Crippen LogP contribution in [0.15, 0.2) is 42.5 Å². The molecule has 0 saturated heterocycles. The van der Waals surface area contributed by atoms with Gasteiger partial charge in [0, 0.05) is 11.8 Å². The minimum atomic E-state index is -0.316. The summed E-state index contributed by atoms with van der Waals surface area (Å²) in [5.74, 6) is 1.71. The van der Waals surface area contributed by atoms with Gasteiger partial charge in [0.1, 0.15) is 5.82 Å². The highest BCUT2D eigenvalue weighted by Gasteiger charge is 2.21. The summed E-state index contributed by atoms with van der Waals surface area (Å²) in [4.78, 5) is 17.1. The molecular weight excluding hydrogens is 332 g/mol. The zero-order valence-electron chi connectivity index (χ0n) is 14.5. The topological polar surface area (TPSA) is 78.3 Å². The number of fused-ring (bicyclic) bond motifs is 1. The fraction of sp³-hybridized carbons (Fsp3) is 0.211. The molecule has 132 valence electrons. The number of benzene rings is 2. The predicted octanol–water partition coefficient (Wildman–Crippen LogP) is 3.12. The number of carbonyl (C=O) groups excluding carboxylic acids is 1. The zero-order valence-corrected chi connectivity index (χ0v) is 14.5. The van der Waals surface area contributed by atoms with Crippen LogP contribution in [0, 0.1) is 6.92 Å². The number of aryl methyl sites for hydroxylation is 2. The molecule has 0 radical (unpaired) electrons. The fourth-order valence-corrected chi connectivity index (χ4v) is 2.89. The number of para-hydroxylation sites is 1. The highest BCUT2D eigenvalue weighted by atomic mass is 16.7. The van der Waals surface area contributed by atoms with Gasteiger partial charge >= 0.3 is 0 Å². The van der Waals surface area contributed by atoms with Crippen molar-refractivity contribution in [2.24, 2.45) is 0 Å². The normalized spacial score (nSPS) is 12.2. The van der Waals surface area contributed by atoms with Crippen molar-refractivity contribution in [3.63, 3.8) is 0 Å². The molecule has 1 amide bonds. The lowest BCUT2D eigenvalue weighted by molar-refractivity contribution is 0.101. The van der Waals surface area contributed by atoms with Gasteiger partial charge in [0.25, 0.3) is 5.91 Å². The third kappa shape index (κ3) is 2.88. The smallest absolute Gasteiger partial charge is 0.293 e. The van der Waals surface area contributed by atoms with Crippen LogP contribution in [0.5, 0.6) is 11.5 Å². The van der Waals surface area contributed by atoms with Crippen molar-refractivity contribution in [2.75, 3.05) is 12.1 Å².